The van der Waals surface area contributed by atoms with Crippen molar-refractivity contribution in [3.8, 4) is 5.75 Å². The molecule has 1 unspecified atom stereocenters. The molecule has 0 saturated carbocycles. The number of alkyl halides is 6. The SMILES string of the molecule is CNC(=O)c1ccccc1Nc1cc(Nc2ccc3c(c2)OCC2CN(C(=O)C(F)(F)F)CCN32)ncc1C(F)(F)F. The third-order valence-corrected chi connectivity index (χ3v) is 6.86. The monoisotopic (exact) mass is 594 g/mol. The lowest BCUT2D eigenvalue weighted by Gasteiger charge is -2.45. The number of fused-ring (bicyclic) bond motifs is 3. The maximum absolute atomic E-state index is 13.8. The summed E-state index contributed by atoms with van der Waals surface area (Å²) in [5.41, 5.74) is -0.0182. The molecule has 15 heteroatoms. The highest BCUT2D eigenvalue weighted by molar-refractivity contribution is 6.00. The van der Waals surface area contributed by atoms with Gasteiger partial charge in [-0.1, -0.05) is 12.1 Å². The van der Waals surface area contributed by atoms with Crippen molar-refractivity contribution in [1.82, 2.24) is 15.2 Å². The van der Waals surface area contributed by atoms with Crippen LogP contribution in [0, 0.1) is 0 Å². The number of nitrogens with zero attached hydrogens (tertiary/aromatic N) is 3. The van der Waals surface area contributed by atoms with E-state index >= 15 is 0 Å². The summed E-state index contributed by atoms with van der Waals surface area (Å²) in [4.78, 5) is 30.4. The van der Waals surface area contributed by atoms with E-state index in [1.165, 1.54) is 19.2 Å². The number of hydrogen-bond donors (Lipinski definition) is 3. The zero-order valence-electron chi connectivity index (χ0n) is 21.9. The lowest BCUT2D eigenvalue weighted by molar-refractivity contribution is -0.186. The Hall–Kier alpha value is -4.69. The Labute approximate surface area is 235 Å². The summed E-state index contributed by atoms with van der Waals surface area (Å²) in [7, 11) is 1.41. The highest BCUT2D eigenvalue weighted by atomic mass is 19.4. The number of aromatic nitrogens is 1. The van der Waals surface area contributed by atoms with Gasteiger partial charge in [-0.3, -0.25) is 9.59 Å². The smallest absolute Gasteiger partial charge is 0.471 e. The average Bonchev–Trinajstić information content (AvgIpc) is 2.95. The van der Waals surface area contributed by atoms with Crippen molar-refractivity contribution in [1.29, 1.82) is 0 Å². The molecule has 9 nitrogen and oxygen atoms in total. The molecule has 0 bridgehead atoms. The maximum atomic E-state index is 13.8. The van der Waals surface area contributed by atoms with Gasteiger partial charge in [0.05, 0.1) is 34.2 Å². The largest absolute Gasteiger partial charge is 0.489 e. The Morgan fingerprint density at radius 2 is 1.74 bits per heavy atom. The molecule has 0 radical (unpaired) electrons. The number of pyridine rings is 1. The number of amides is 2. The number of ether oxygens (including phenoxy) is 1. The molecule has 222 valence electrons. The van der Waals surface area contributed by atoms with Crippen LogP contribution in [0.3, 0.4) is 0 Å². The lowest BCUT2D eigenvalue weighted by Crippen LogP contribution is -2.60. The fraction of sp³-hybridized carbons (Fsp3) is 0.296. The van der Waals surface area contributed by atoms with Crippen LogP contribution in [-0.2, 0) is 11.0 Å². The topological polar surface area (TPSA) is 98.8 Å². The van der Waals surface area contributed by atoms with Crippen LogP contribution in [0.5, 0.6) is 5.75 Å². The minimum absolute atomic E-state index is 0.0371. The molecular weight excluding hydrogens is 570 g/mol. The number of hydrogen-bond acceptors (Lipinski definition) is 7. The minimum atomic E-state index is -4.95. The van der Waals surface area contributed by atoms with E-state index in [1.54, 1.807) is 30.3 Å². The van der Waals surface area contributed by atoms with Crippen LogP contribution in [0.1, 0.15) is 15.9 Å². The van der Waals surface area contributed by atoms with Gasteiger partial charge in [0.25, 0.3) is 5.91 Å². The Balaban J connectivity index is 1.37. The molecule has 2 amide bonds. The molecule has 42 heavy (non-hydrogen) atoms. The normalized spacial score (nSPS) is 16.6. The van der Waals surface area contributed by atoms with Crippen molar-refractivity contribution < 1.29 is 40.7 Å². The molecule has 3 aromatic rings. The summed E-state index contributed by atoms with van der Waals surface area (Å²) in [6.45, 7) is -0.0489. The summed E-state index contributed by atoms with van der Waals surface area (Å²) in [6, 6.07) is 11.7. The van der Waals surface area contributed by atoms with Crippen molar-refractivity contribution in [2.24, 2.45) is 0 Å². The van der Waals surface area contributed by atoms with Gasteiger partial charge in [-0.25, -0.2) is 4.98 Å². The minimum Gasteiger partial charge on any atom is -0.489 e. The number of carbonyl (C=O) groups is 2. The first-order valence-electron chi connectivity index (χ1n) is 12.7. The number of carbonyl (C=O) groups excluding carboxylic acids is 2. The third kappa shape index (κ3) is 5.85. The third-order valence-electron chi connectivity index (χ3n) is 6.86. The number of rotatable bonds is 5. The van der Waals surface area contributed by atoms with E-state index in [0.717, 1.165) is 11.0 Å². The standard InChI is InChI=1S/C27H24F6N6O3/c1-34-24(40)17-4-2-3-5-19(17)37-20-11-23(35-12-18(20)26(28,29)30)36-15-6-7-21-22(10-15)42-14-16-13-38(8-9-39(16)21)25(41)27(31,32)33/h2-7,10-12,16H,8-9,13-14H2,1H3,(H,34,40)(H2,35,36,37). The van der Waals surface area contributed by atoms with Gasteiger partial charge in [0.2, 0.25) is 0 Å². The van der Waals surface area contributed by atoms with Crippen molar-refractivity contribution >= 4 is 40.4 Å². The fourth-order valence-electron chi connectivity index (χ4n) is 4.88. The van der Waals surface area contributed by atoms with Crippen molar-refractivity contribution in [3.63, 3.8) is 0 Å². The molecule has 0 aliphatic carbocycles. The van der Waals surface area contributed by atoms with Crippen molar-refractivity contribution in [3.05, 3.63) is 65.9 Å². The number of benzene rings is 2. The Kier molecular flexibility index (Phi) is 7.51. The first kappa shape index (κ1) is 28.8. The van der Waals surface area contributed by atoms with Crippen LogP contribution in [0.25, 0.3) is 0 Å². The van der Waals surface area contributed by atoms with E-state index < -0.39 is 35.8 Å². The molecular formula is C27H24F6N6O3. The number of para-hydroxylation sites is 1. The van der Waals surface area contributed by atoms with Crippen LogP contribution >= 0.6 is 0 Å². The molecule has 1 atom stereocenters. The summed E-state index contributed by atoms with van der Waals surface area (Å²) >= 11 is 0. The fourth-order valence-corrected chi connectivity index (χ4v) is 4.88. The second-order valence-corrected chi connectivity index (χ2v) is 9.58. The summed E-state index contributed by atoms with van der Waals surface area (Å²) in [5.74, 6) is -1.89. The van der Waals surface area contributed by atoms with Crippen LogP contribution < -0.4 is 25.6 Å². The van der Waals surface area contributed by atoms with Crippen molar-refractivity contribution in [2.75, 3.05) is 48.8 Å². The molecule has 0 spiro atoms. The van der Waals surface area contributed by atoms with Gasteiger partial charge in [-0.2, -0.15) is 26.3 Å². The van der Waals surface area contributed by atoms with Gasteiger partial charge in [0.15, 0.2) is 0 Å². The van der Waals surface area contributed by atoms with Crippen LogP contribution in [0.2, 0.25) is 0 Å². The second-order valence-electron chi connectivity index (χ2n) is 9.58. The van der Waals surface area contributed by atoms with Gasteiger partial charge in [0.1, 0.15) is 18.2 Å². The predicted molar refractivity (Wildman–Crippen MR) is 141 cm³/mol. The van der Waals surface area contributed by atoms with Gasteiger partial charge >= 0.3 is 18.3 Å². The first-order valence-corrected chi connectivity index (χ1v) is 12.7. The Morgan fingerprint density at radius 3 is 2.45 bits per heavy atom. The van der Waals surface area contributed by atoms with Crippen LogP contribution in [0.4, 0.5) is 54.9 Å². The van der Waals surface area contributed by atoms with E-state index in [2.05, 4.69) is 20.9 Å². The zero-order chi connectivity index (χ0) is 30.2. The van der Waals surface area contributed by atoms with Gasteiger partial charge in [-0.05, 0) is 24.3 Å². The molecule has 3 heterocycles. The molecule has 2 aromatic carbocycles. The van der Waals surface area contributed by atoms with E-state index in [4.69, 9.17) is 4.74 Å². The Bertz CT molecular complexity index is 1510. The van der Waals surface area contributed by atoms with Gasteiger partial charge in [-0.15, -0.1) is 0 Å². The molecule has 5 rings (SSSR count). The molecule has 1 fully saturated rings. The quantitative estimate of drug-likeness (QED) is 0.361. The van der Waals surface area contributed by atoms with Gasteiger partial charge < -0.3 is 30.5 Å². The number of anilines is 5. The maximum Gasteiger partial charge on any atom is 0.471 e. The van der Waals surface area contributed by atoms with Crippen molar-refractivity contribution in [2.45, 2.75) is 18.4 Å². The summed E-state index contributed by atoms with van der Waals surface area (Å²) in [5, 5.41) is 8.09. The van der Waals surface area contributed by atoms with E-state index in [-0.39, 0.29) is 49.0 Å². The molecule has 1 aromatic heterocycles. The summed E-state index contributed by atoms with van der Waals surface area (Å²) < 4.78 is 85.8. The number of halogens is 6. The van der Waals surface area contributed by atoms with E-state index in [0.29, 0.717) is 23.3 Å². The second kappa shape index (κ2) is 10.9. The highest BCUT2D eigenvalue weighted by Gasteiger charge is 2.45. The molecule has 3 N–H and O–H groups in total. The van der Waals surface area contributed by atoms with Crippen LogP contribution in [-0.4, -0.2) is 67.2 Å². The van der Waals surface area contributed by atoms with Crippen LogP contribution in [0.15, 0.2) is 54.7 Å². The van der Waals surface area contributed by atoms with E-state index in [1.807, 2.05) is 4.90 Å². The number of piperazine rings is 1. The highest BCUT2D eigenvalue weighted by Crippen LogP contribution is 2.40. The average molecular weight is 595 g/mol. The molecule has 2 aliphatic heterocycles. The first-order chi connectivity index (χ1) is 19.8. The summed E-state index contributed by atoms with van der Waals surface area (Å²) in [6.07, 6.45) is -9.01. The number of nitrogens with one attached hydrogen (secondary N) is 3. The molecule has 1 saturated heterocycles. The zero-order valence-corrected chi connectivity index (χ0v) is 21.9. The Morgan fingerprint density at radius 1 is 0.976 bits per heavy atom. The molecule has 2 aliphatic rings. The van der Waals surface area contributed by atoms with E-state index in [9.17, 15) is 35.9 Å². The predicted octanol–water partition coefficient (Wildman–Crippen LogP) is 4.92. The lowest BCUT2D eigenvalue weighted by atomic mass is 10.1. The van der Waals surface area contributed by atoms with Gasteiger partial charge in [0, 0.05) is 50.7 Å².